The fourth-order valence-corrected chi connectivity index (χ4v) is 3.28. The zero-order valence-corrected chi connectivity index (χ0v) is 11.5. The van der Waals surface area contributed by atoms with Crippen LogP contribution in [0.2, 0.25) is 0 Å². The van der Waals surface area contributed by atoms with Crippen LogP contribution in [-0.4, -0.2) is 20.4 Å². The molecule has 0 spiro atoms. The molecule has 0 aromatic carbocycles. The van der Waals surface area contributed by atoms with Crippen molar-refractivity contribution in [1.82, 2.24) is 15.0 Å². The first kappa shape index (κ1) is 12.9. The van der Waals surface area contributed by atoms with E-state index in [1.807, 2.05) is 13.2 Å². The highest BCUT2D eigenvalue weighted by Gasteiger charge is 2.29. The van der Waals surface area contributed by atoms with E-state index in [2.05, 4.69) is 17.2 Å². The van der Waals surface area contributed by atoms with Crippen LogP contribution in [0.5, 0.6) is 0 Å². The highest BCUT2D eigenvalue weighted by Crippen LogP contribution is 2.36. The predicted octanol–water partition coefficient (Wildman–Crippen LogP) is 3.18. The molecule has 0 bridgehead atoms. The van der Waals surface area contributed by atoms with Gasteiger partial charge in [-0.05, 0) is 37.5 Å². The van der Waals surface area contributed by atoms with Crippen LogP contribution in [0.4, 0.5) is 0 Å². The van der Waals surface area contributed by atoms with Crippen molar-refractivity contribution in [3.8, 4) is 0 Å². The molecule has 2 rings (SSSR count). The van der Waals surface area contributed by atoms with E-state index in [-0.39, 0.29) is 0 Å². The Labute approximate surface area is 109 Å². The molecule has 3 atom stereocenters. The Morgan fingerprint density at radius 3 is 2.94 bits per heavy atom. The smallest absolute Gasteiger partial charge is 0.0830 e. The zero-order chi connectivity index (χ0) is 12.3. The van der Waals surface area contributed by atoms with Crippen molar-refractivity contribution in [3.63, 3.8) is 0 Å². The zero-order valence-electron chi connectivity index (χ0n) is 10.8. The lowest BCUT2D eigenvalue weighted by molar-refractivity contribution is 0.256. The monoisotopic (exact) mass is 255 g/mol. The Morgan fingerprint density at radius 1 is 1.47 bits per heavy atom. The molecule has 1 fully saturated rings. The molecular weight excluding hydrogens is 234 g/mol. The van der Waals surface area contributed by atoms with Gasteiger partial charge >= 0.3 is 0 Å². The first-order valence-corrected chi connectivity index (χ1v) is 7.12. The number of aromatic nitrogens is 3. The Hall–Kier alpha value is -0.570. The highest BCUT2D eigenvalue weighted by atomic mass is 35.5. The Morgan fingerprint density at radius 2 is 2.29 bits per heavy atom. The largest absolute Gasteiger partial charge is 0.255 e. The van der Waals surface area contributed by atoms with Gasteiger partial charge in [-0.25, -0.2) is 0 Å². The van der Waals surface area contributed by atoms with Crippen molar-refractivity contribution in [2.24, 2.45) is 18.9 Å². The molecular formula is C13H22ClN3. The summed E-state index contributed by atoms with van der Waals surface area (Å²) in [5.41, 5.74) is 1.08. The maximum absolute atomic E-state index is 6.45. The summed E-state index contributed by atoms with van der Waals surface area (Å²) in [7, 11) is 1.91. The maximum atomic E-state index is 6.45. The summed E-state index contributed by atoms with van der Waals surface area (Å²) in [6.07, 6.45) is 9.36. The Kier molecular flexibility index (Phi) is 4.43. The van der Waals surface area contributed by atoms with Crippen molar-refractivity contribution < 1.29 is 0 Å². The SMILES string of the molecule is CCCC1CCC(Cl)C(Cc2cn(C)nn2)C1. The summed E-state index contributed by atoms with van der Waals surface area (Å²) in [6.45, 7) is 2.27. The van der Waals surface area contributed by atoms with Crippen LogP contribution in [0.1, 0.15) is 44.7 Å². The standard InChI is InChI=1S/C13H22ClN3/c1-3-4-10-5-6-13(14)11(7-10)8-12-9-17(2)16-15-12/h9-11,13H,3-8H2,1-2H3. The molecule has 17 heavy (non-hydrogen) atoms. The molecule has 0 aliphatic heterocycles. The first-order valence-electron chi connectivity index (χ1n) is 6.68. The van der Waals surface area contributed by atoms with Crippen molar-refractivity contribution in [1.29, 1.82) is 0 Å². The van der Waals surface area contributed by atoms with Crippen molar-refractivity contribution >= 4 is 11.6 Å². The molecule has 0 saturated heterocycles. The van der Waals surface area contributed by atoms with E-state index in [1.54, 1.807) is 4.68 Å². The molecule has 1 aromatic rings. The molecule has 96 valence electrons. The van der Waals surface area contributed by atoms with Crippen LogP contribution >= 0.6 is 11.6 Å². The van der Waals surface area contributed by atoms with Gasteiger partial charge in [0.25, 0.3) is 0 Å². The molecule has 0 amide bonds. The second-order valence-electron chi connectivity index (χ2n) is 5.33. The van der Waals surface area contributed by atoms with Crippen LogP contribution in [0, 0.1) is 11.8 Å². The van der Waals surface area contributed by atoms with E-state index in [9.17, 15) is 0 Å². The third kappa shape index (κ3) is 3.44. The molecule has 1 saturated carbocycles. The lowest BCUT2D eigenvalue weighted by Gasteiger charge is -2.32. The average molecular weight is 256 g/mol. The summed E-state index contributed by atoms with van der Waals surface area (Å²) in [6, 6.07) is 0. The van der Waals surface area contributed by atoms with E-state index in [0.717, 1.165) is 24.5 Å². The van der Waals surface area contributed by atoms with Crippen molar-refractivity contribution in [3.05, 3.63) is 11.9 Å². The minimum atomic E-state index is 0.324. The predicted molar refractivity (Wildman–Crippen MR) is 70.1 cm³/mol. The maximum Gasteiger partial charge on any atom is 0.0830 e. The van der Waals surface area contributed by atoms with Gasteiger partial charge in [-0.2, -0.15) is 0 Å². The van der Waals surface area contributed by atoms with Gasteiger partial charge in [-0.1, -0.05) is 25.0 Å². The van der Waals surface area contributed by atoms with E-state index >= 15 is 0 Å². The van der Waals surface area contributed by atoms with Crippen LogP contribution in [0.15, 0.2) is 6.20 Å². The Balaban J connectivity index is 1.93. The van der Waals surface area contributed by atoms with Gasteiger partial charge in [-0.3, -0.25) is 4.68 Å². The number of aryl methyl sites for hydroxylation is 1. The summed E-state index contributed by atoms with van der Waals surface area (Å²) in [5.74, 6) is 1.45. The molecule has 1 aliphatic carbocycles. The molecule has 0 radical (unpaired) electrons. The van der Waals surface area contributed by atoms with E-state index in [0.29, 0.717) is 11.3 Å². The fourth-order valence-electron chi connectivity index (χ4n) is 2.96. The van der Waals surface area contributed by atoms with E-state index < -0.39 is 0 Å². The minimum absolute atomic E-state index is 0.324. The highest BCUT2D eigenvalue weighted by molar-refractivity contribution is 6.20. The number of nitrogens with zero attached hydrogens (tertiary/aromatic N) is 3. The van der Waals surface area contributed by atoms with Gasteiger partial charge in [0.1, 0.15) is 0 Å². The summed E-state index contributed by atoms with van der Waals surface area (Å²) in [5, 5.41) is 8.48. The quantitative estimate of drug-likeness (QED) is 0.774. The van der Waals surface area contributed by atoms with Gasteiger partial charge < -0.3 is 0 Å². The minimum Gasteiger partial charge on any atom is -0.255 e. The molecule has 4 heteroatoms. The Bertz CT molecular complexity index is 350. The molecule has 0 N–H and O–H groups in total. The first-order chi connectivity index (χ1) is 8.19. The van der Waals surface area contributed by atoms with Gasteiger partial charge in [0.2, 0.25) is 0 Å². The van der Waals surface area contributed by atoms with Crippen LogP contribution in [0.3, 0.4) is 0 Å². The lowest BCUT2D eigenvalue weighted by atomic mass is 9.77. The third-order valence-corrected chi connectivity index (χ3v) is 4.39. The topological polar surface area (TPSA) is 30.7 Å². The number of hydrogen-bond donors (Lipinski definition) is 0. The summed E-state index contributed by atoms with van der Waals surface area (Å²) < 4.78 is 1.77. The van der Waals surface area contributed by atoms with E-state index in [4.69, 9.17) is 11.6 Å². The van der Waals surface area contributed by atoms with Crippen molar-refractivity contribution in [2.45, 2.75) is 50.8 Å². The number of alkyl halides is 1. The van der Waals surface area contributed by atoms with Gasteiger partial charge in [-0.15, -0.1) is 16.7 Å². The molecule has 3 nitrogen and oxygen atoms in total. The number of rotatable bonds is 4. The average Bonchev–Trinajstić information content (AvgIpc) is 2.69. The van der Waals surface area contributed by atoms with E-state index in [1.165, 1.54) is 25.7 Å². The molecule has 1 heterocycles. The lowest BCUT2D eigenvalue weighted by Crippen LogP contribution is -2.27. The van der Waals surface area contributed by atoms with Crippen LogP contribution in [-0.2, 0) is 13.5 Å². The summed E-state index contributed by atoms with van der Waals surface area (Å²) >= 11 is 6.45. The fraction of sp³-hybridized carbons (Fsp3) is 0.846. The van der Waals surface area contributed by atoms with Crippen molar-refractivity contribution in [2.75, 3.05) is 0 Å². The third-order valence-electron chi connectivity index (χ3n) is 3.82. The van der Waals surface area contributed by atoms with Gasteiger partial charge in [0.15, 0.2) is 0 Å². The molecule has 1 aliphatic rings. The molecule has 3 unspecified atom stereocenters. The number of halogens is 1. The van der Waals surface area contributed by atoms with Crippen LogP contribution in [0.25, 0.3) is 0 Å². The van der Waals surface area contributed by atoms with Crippen LogP contribution < -0.4 is 0 Å². The van der Waals surface area contributed by atoms with Gasteiger partial charge in [0, 0.05) is 18.6 Å². The summed E-state index contributed by atoms with van der Waals surface area (Å²) in [4.78, 5) is 0. The molecule has 1 aromatic heterocycles. The second-order valence-corrected chi connectivity index (χ2v) is 5.89. The number of hydrogen-bond acceptors (Lipinski definition) is 2. The normalized spacial score (nSPS) is 29.5. The second kappa shape index (κ2) is 5.85. The van der Waals surface area contributed by atoms with Gasteiger partial charge in [0.05, 0.1) is 5.69 Å².